The molecule has 1 fully saturated rings. The van der Waals surface area contributed by atoms with Crippen molar-refractivity contribution in [3.63, 3.8) is 0 Å². The predicted molar refractivity (Wildman–Crippen MR) is 69.3 cm³/mol. The van der Waals surface area contributed by atoms with E-state index in [1.54, 1.807) is 21.3 Å². The molecule has 0 spiro atoms. The van der Waals surface area contributed by atoms with Gasteiger partial charge in [0, 0.05) is 12.3 Å². The van der Waals surface area contributed by atoms with Crippen molar-refractivity contribution in [3.8, 4) is 17.2 Å². The highest BCUT2D eigenvalue weighted by Gasteiger charge is 2.21. The highest BCUT2D eigenvalue weighted by molar-refractivity contribution is 7.99. The Bertz CT molecular complexity index is 366. The second-order valence-electron chi connectivity index (χ2n) is 3.66. The quantitative estimate of drug-likeness (QED) is 0.891. The summed E-state index contributed by atoms with van der Waals surface area (Å²) in [6, 6.07) is 3.99. The van der Waals surface area contributed by atoms with Crippen molar-refractivity contribution in [3.05, 3.63) is 17.7 Å². The van der Waals surface area contributed by atoms with Crippen molar-refractivity contribution in [2.24, 2.45) is 0 Å². The summed E-state index contributed by atoms with van der Waals surface area (Å²) >= 11 is 1.88. The van der Waals surface area contributed by atoms with Crippen LogP contribution in [-0.4, -0.2) is 33.6 Å². The fourth-order valence-corrected chi connectivity index (χ4v) is 2.93. The van der Waals surface area contributed by atoms with Gasteiger partial charge in [-0.2, -0.15) is 0 Å². The molecular weight excluding hydrogens is 238 g/mol. The number of thioether (sulfide) groups is 1. The Balaban J connectivity index is 2.40. The number of nitrogens with one attached hydrogen (secondary N) is 1. The number of methoxy groups -OCH3 is 3. The highest BCUT2D eigenvalue weighted by atomic mass is 32.2. The first-order chi connectivity index (χ1) is 8.30. The topological polar surface area (TPSA) is 39.7 Å². The fraction of sp³-hybridized carbons (Fsp3) is 0.500. The van der Waals surface area contributed by atoms with E-state index >= 15 is 0 Å². The van der Waals surface area contributed by atoms with E-state index in [1.165, 1.54) is 0 Å². The third-order valence-corrected chi connectivity index (χ3v) is 3.92. The first-order valence-electron chi connectivity index (χ1n) is 5.45. The van der Waals surface area contributed by atoms with Crippen LogP contribution in [0.2, 0.25) is 0 Å². The van der Waals surface area contributed by atoms with E-state index in [0.717, 1.165) is 17.9 Å². The number of benzene rings is 1. The zero-order valence-corrected chi connectivity index (χ0v) is 11.1. The molecule has 0 bridgehead atoms. The van der Waals surface area contributed by atoms with Gasteiger partial charge in [0.2, 0.25) is 5.75 Å². The lowest BCUT2D eigenvalue weighted by atomic mass is 10.1. The first kappa shape index (κ1) is 12.4. The Morgan fingerprint density at radius 1 is 1.12 bits per heavy atom. The predicted octanol–water partition coefficient (Wildman–Crippen LogP) is 2.05. The molecule has 1 aromatic rings. The minimum absolute atomic E-state index is 0.309. The van der Waals surface area contributed by atoms with Crippen LogP contribution in [0.15, 0.2) is 12.1 Å². The molecule has 0 saturated carbocycles. The van der Waals surface area contributed by atoms with E-state index in [0.29, 0.717) is 22.6 Å². The zero-order valence-electron chi connectivity index (χ0n) is 10.3. The molecule has 1 heterocycles. The van der Waals surface area contributed by atoms with Gasteiger partial charge in [0.1, 0.15) is 0 Å². The lowest BCUT2D eigenvalue weighted by Crippen LogP contribution is -2.12. The first-order valence-corrected chi connectivity index (χ1v) is 6.50. The van der Waals surface area contributed by atoms with Gasteiger partial charge < -0.3 is 19.5 Å². The van der Waals surface area contributed by atoms with Gasteiger partial charge in [-0.05, 0) is 17.7 Å². The average molecular weight is 255 g/mol. The van der Waals surface area contributed by atoms with Crippen LogP contribution >= 0.6 is 11.8 Å². The minimum Gasteiger partial charge on any atom is -0.493 e. The number of hydrogen-bond donors (Lipinski definition) is 1. The molecule has 1 aromatic carbocycles. The summed E-state index contributed by atoms with van der Waals surface area (Å²) < 4.78 is 16.0. The monoisotopic (exact) mass is 255 g/mol. The van der Waals surface area contributed by atoms with Gasteiger partial charge in [-0.25, -0.2) is 0 Å². The van der Waals surface area contributed by atoms with E-state index in [1.807, 2.05) is 23.9 Å². The molecular formula is C12H17NO3S. The van der Waals surface area contributed by atoms with Crippen LogP contribution in [-0.2, 0) is 0 Å². The minimum atomic E-state index is 0.309. The fourth-order valence-electron chi connectivity index (χ4n) is 1.89. The highest BCUT2D eigenvalue weighted by Crippen LogP contribution is 2.42. The molecule has 1 aliphatic heterocycles. The largest absolute Gasteiger partial charge is 0.493 e. The Kier molecular flexibility index (Phi) is 4.02. The summed E-state index contributed by atoms with van der Waals surface area (Å²) in [5.41, 5.74) is 1.15. The molecule has 0 aromatic heterocycles. The van der Waals surface area contributed by atoms with E-state index in [2.05, 4.69) is 5.32 Å². The smallest absolute Gasteiger partial charge is 0.203 e. The van der Waals surface area contributed by atoms with Gasteiger partial charge in [0.25, 0.3) is 0 Å². The molecule has 17 heavy (non-hydrogen) atoms. The molecule has 1 N–H and O–H groups in total. The molecule has 1 aliphatic rings. The summed E-state index contributed by atoms with van der Waals surface area (Å²) in [6.07, 6.45) is 0. The lowest BCUT2D eigenvalue weighted by molar-refractivity contribution is 0.323. The molecule has 4 nitrogen and oxygen atoms in total. The second-order valence-corrected chi connectivity index (χ2v) is 4.88. The molecule has 0 amide bonds. The Labute approximate surface area is 106 Å². The summed E-state index contributed by atoms with van der Waals surface area (Å²) in [5.74, 6) is 3.18. The van der Waals surface area contributed by atoms with Crippen molar-refractivity contribution in [1.82, 2.24) is 5.32 Å². The van der Waals surface area contributed by atoms with Crippen LogP contribution < -0.4 is 19.5 Å². The molecule has 1 atom stereocenters. The zero-order chi connectivity index (χ0) is 12.3. The molecule has 0 aliphatic carbocycles. The second kappa shape index (κ2) is 5.51. The summed E-state index contributed by atoms with van der Waals surface area (Å²) in [4.78, 5) is 0. The summed E-state index contributed by atoms with van der Waals surface area (Å²) in [6.45, 7) is 1.03. The van der Waals surface area contributed by atoms with E-state index in [9.17, 15) is 0 Å². The SMILES string of the molecule is COc1cc(C2NCCS2)cc(OC)c1OC. The Hall–Kier alpha value is -1.07. The number of rotatable bonds is 4. The molecule has 94 valence electrons. The standard InChI is InChI=1S/C12H17NO3S/c1-14-9-6-8(12-13-4-5-17-12)7-10(15-2)11(9)16-3/h6-7,12-13H,4-5H2,1-3H3. The average Bonchev–Trinajstić information content (AvgIpc) is 2.90. The van der Waals surface area contributed by atoms with Crippen molar-refractivity contribution < 1.29 is 14.2 Å². The maximum Gasteiger partial charge on any atom is 0.203 e. The molecule has 1 saturated heterocycles. The number of ether oxygens (including phenoxy) is 3. The maximum atomic E-state index is 5.34. The lowest BCUT2D eigenvalue weighted by Gasteiger charge is -2.16. The van der Waals surface area contributed by atoms with Gasteiger partial charge in [-0.3, -0.25) is 0 Å². The van der Waals surface area contributed by atoms with Gasteiger partial charge in [0.15, 0.2) is 11.5 Å². The van der Waals surface area contributed by atoms with Crippen molar-refractivity contribution in [1.29, 1.82) is 0 Å². The van der Waals surface area contributed by atoms with E-state index in [-0.39, 0.29) is 0 Å². The van der Waals surface area contributed by atoms with Crippen LogP contribution in [0.1, 0.15) is 10.9 Å². The van der Waals surface area contributed by atoms with Gasteiger partial charge >= 0.3 is 0 Å². The van der Waals surface area contributed by atoms with Crippen LogP contribution in [0, 0.1) is 0 Å². The molecule has 5 heteroatoms. The van der Waals surface area contributed by atoms with E-state index in [4.69, 9.17) is 14.2 Å². The van der Waals surface area contributed by atoms with Crippen molar-refractivity contribution in [2.75, 3.05) is 33.6 Å². The third-order valence-electron chi connectivity index (χ3n) is 2.71. The normalized spacial score (nSPS) is 19.1. The Morgan fingerprint density at radius 3 is 2.18 bits per heavy atom. The molecule has 0 radical (unpaired) electrons. The van der Waals surface area contributed by atoms with Gasteiger partial charge in [0.05, 0.1) is 26.7 Å². The van der Waals surface area contributed by atoms with Gasteiger partial charge in [-0.15, -0.1) is 11.8 Å². The van der Waals surface area contributed by atoms with Crippen LogP contribution in [0.25, 0.3) is 0 Å². The van der Waals surface area contributed by atoms with Crippen LogP contribution in [0.4, 0.5) is 0 Å². The van der Waals surface area contributed by atoms with Crippen LogP contribution in [0.3, 0.4) is 0 Å². The molecule has 2 rings (SSSR count). The summed E-state index contributed by atoms with van der Waals surface area (Å²) in [7, 11) is 4.88. The molecule has 1 unspecified atom stereocenters. The van der Waals surface area contributed by atoms with Gasteiger partial charge in [-0.1, -0.05) is 0 Å². The van der Waals surface area contributed by atoms with Crippen molar-refractivity contribution in [2.45, 2.75) is 5.37 Å². The third kappa shape index (κ3) is 2.45. The summed E-state index contributed by atoms with van der Waals surface area (Å²) in [5, 5.41) is 3.73. The van der Waals surface area contributed by atoms with E-state index < -0.39 is 0 Å². The maximum absolute atomic E-state index is 5.34. The van der Waals surface area contributed by atoms with Crippen molar-refractivity contribution >= 4 is 11.8 Å². The Morgan fingerprint density at radius 2 is 1.76 bits per heavy atom. The number of hydrogen-bond acceptors (Lipinski definition) is 5. The van der Waals surface area contributed by atoms with Crippen LogP contribution in [0.5, 0.6) is 17.2 Å².